The SMILES string of the molecule is CCN1C(=O)CC[C@]2(C)C3C(CCC12)C1CC[C@H](C(C)O)[C@@]1(C)C[C@@H]3O. The fourth-order valence-corrected chi connectivity index (χ4v) is 8.35. The zero-order valence-electron chi connectivity index (χ0n) is 16.9. The van der Waals surface area contributed by atoms with Gasteiger partial charge in [-0.3, -0.25) is 4.79 Å². The van der Waals surface area contributed by atoms with Crippen LogP contribution in [0, 0.1) is 34.5 Å². The molecule has 0 aromatic rings. The van der Waals surface area contributed by atoms with Crippen molar-refractivity contribution in [1.29, 1.82) is 0 Å². The number of hydrogen-bond acceptors (Lipinski definition) is 3. The first-order valence-corrected chi connectivity index (χ1v) is 10.9. The molecule has 4 fully saturated rings. The Kier molecular flexibility index (Phi) is 4.47. The summed E-state index contributed by atoms with van der Waals surface area (Å²) >= 11 is 0. The first-order valence-electron chi connectivity index (χ1n) is 10.9. The molecule has 26 heavy (non-hydrogen) atoms. The number of fused-ring (bicyclic) bond motifs is 5. The number of aliphatic hydroxyl groups excluding tert-OH is 2. The highest BCUT2D eigenvalue weighted by Crippen LogP contribution is 2.66. The highest BCUT2D eigenvalue weighted by atomic mass is 16.3. The monoisotopic (exact) mass is 363 g/mol. The van der Waals surface area contributed by atoms with Crippen molar-refractivity contribution < 1.29 is 15.0 Å². The molecule has 0 radical (unpaired) electrons. The molecule has 1 aliphatic heterocycles. The summed E-state index contributed by atoms with van der Waals surface area (Å²) in [7, 11) is 0. The van der Waals surface area contributed by atoms with Crippen LogP contribution in [0.3, 0.4) is 0 Å². The summed E-state index contributed by atoms with van der Waals surface area (Å²) in [6, 6.07) is 0.294. The number of nitrogens with zero attached hydrogens (tertiary/aromatic N) is 1. The van der Waals surface area contributed by atoms with Crippen molar-refractivity contribution in [2.24, 2.45) is 34.5 Å². The second kappa shape index (κ2) is 6.20. The topological polar surface area (TPSA) is 60.8 Å². The van der Waals surface area contributed by atoms with Gasteiger partial charge in [-0.15, -0.1) is 0 Å². The van der Waals surface area contributed by atoms with Crippen LogP contribution in [0.25, 0.3) is 0 Å². The molecular formula is C22H37NO3. The number of piperidine rings is 1. The Morgan fingerprint density at radius 2 is 1.92 bits per heavy atom. The van der Waals surface area contributed by atoms with E-state index in [0.717, 1.165) is 38.6 Å². The largest absolute Gasteiger partial charge is 0.393 e. The summed E-state index contributed by atoms with van der Waals surface area (Å²) < 4.78 is 0. The van der Waals surface area contributed by atoms with Gasteiger partial charge in [0.25, 0.3) is 0 Å². The molecule has 4 nitrogen and oxygen atoms in total. The number of amides is 1. The third-order valence-electron chi connectivity index (χ3n) is 9.32. The van der Waals surface area contributed by atoms with E-state index in [1.165, 1.54) is 6.42 Å². The van der Waals surface area contributed by atoms with Crippen molar-refractivity contribution in [1.82, 2.24) is 4.90 Å². The van der Waals surface area contributed by atoms with Crippen LogP contribution in [0.2, 0.25) is 0 Å². The molecule has 148 valence electrons. The van der Waals surface area contributed by atoms with E-state index in [-0.39, 0.29) is 23.0 Å². The fourth-order valence-electron chi connectivity index (χ4n) is 8.35. The molecule has 9 atom stereocenters. The van der Waals surface area contributed by atoms with Gasteiger partial charge in [-0.05, 0) is 86.9 Å². The van der Waals surface area contributed by atoms with Crippen molar-refractivity contribution in [3.63, 3.8) is 0 Å². The molecule has 0 spiro atoms. The van der Waals surface area contributed by atoms with E-state index >= 15 is 0 Å². The molecule has 1 saturated heterocycles. The number of likely N-dealkylation sites (tertiary alicyclic amines) is 1. The number of hydrogen-bond donors (Lipinski definition) is 2. The second-order valence-electron chi connectivity index (χ2n) is 10.3. The quantitative estimate of drug-likeness (QED) is 0.792. The summed E-state index contributed by atoms with van der Waals surface area (Å²) in [5, 5.41) is 21.7. The van der Waals surface area contributed by atoms with E-state index in [1.54, 1.807) is 0 Å². The zero-order valence-corrected chi connectivity index (χ0v) is 16.9. The molecule has 0 aromatic carbocycles. The van der Waals surface area contributed by atoms with Crippen molar-refractivity contribution in [3.05, 3.63) is 0 Å². The Hall–Kier alpha value is -0.610. The van der Waals surface area contributed by atoms with Gasteiger partial charge in [-0.2, -0.15) is 0 Å². The number of carbonyl (C=O) groups excluding carboxylic acids is 1. The van der Waals surface area contributed by atoms with E-state index in [2.05, 4.69) is 25.7 Å². The first-order chi connectivity index (χ1) is 12.2. The lowest BCUT2D eigenvalue weighted by Gasteiger charge is -2.63. The maximum Gasteiger partial charge on any atom is 0.222 e. The maximum absolute atomic E-state index is 12.5. The van der Waals surface area contributed by atoms with Crippen LogP contribution in [-0.4, -0.2) is 45.8 Å². The normalized spacial score (nSPS) is 52.2. The van der Waals surface area contributed by atoms with Crippen molar-refractivity contribution in [3.8, 4) is 0 Å². The Morgan fingerprint density at radius 1 is 1.19 bits per heavy atom. The molecule has 3 saturated carbocycles. The van der Waals surface area contributed by atoms with Gasteiger partial charge in [0.2, 0.25) is 5.91 Å². The van der Waals surface area contributed by atoms with E-state index < -0.39 is 0 Å². The predicted molar refractivity (Wildman–Crippen MR) is 101 cm³/mol. The maximum atomic E-state index is 12.5. The smallest absolute Gasteiger partial charge is 0.222 e. The first kappa shape index (κ1) is 18.7. The lowest BCUT2D eigenvalue weighted by Crippen LogP contribution is -2.65. The fraction of sp³-hybridized carbons (Fsp3) is 0.955. The Labute approximate surface area is 158 Å². The van der Waals surface area contributed by atoms with Crippen molar-refractivity contribution in [2.45, 2.75) is 90.9 Å². The van der Waals surface area contributed by atoms with Gasteiger partial charge in [0.1, 0.15) is 0 Å². The Morgan fingerprint density at radius 3 is 2.58 bits per heavy atom. The highest BCUT2D eigenvalue weighted by molar-refractivity contribution is 5.77. The lowest BCUT2D eigenvalue weighted by atomic mass is 9.45. The van der Waals surface area contributed by atoms with E-state index in [4.69, 9.17) is 0 Å². The van der Waals surface area contributed by atoms with Gasteiger partial charge in [0.15, 0.2) is 0 Å². The Bertz CT molecular complexity index is 578. The average Bonchev–Trinajstić information content (AvgIpc) is 2.91. The third-order valence-corrected chi connectivity index (χ3v) is 9.32. The molecule has 4 rings (SSSR count). The predicted octanol–water partition coefficient (Wildman–Crippen LogP) is 3.21. The van der Waals surface area contributed by atoms with Crippen LogP contribution < -0.4 is 0 Å². The summed E-state index contributed by atoms with van der Waals surface area (Å²) in [6.07, 6.45) is 6.27. The van der Waals surface area contributed by atoms with Gasteiger partial charge in [-0.1, -0.05) is 13.8 Å². The highest BCUT2D eigenvalue weighted by Gasteiger charge is 2.64. The van der Waals surface area contributed by atoms with E-state index in [1.807, 2.05) is 6.92 Å². The standard InChI is InChI=1S/C22H37NO3/c1-5-23-18-9-6-14-16-8-7-15(13(2)24)22(16,4)12-17(25)20(14)21(18,3)11-10-19(23)26/h13-18,20,24-25H,5-12H2,1-4H3/t13?,14?,15-,16?,17+,18?,20?,21+,22-/m1/s1. The van der Waals surface area contributed by atoms with Gasteiger partial charge in [0, 0.05) is 19.0 Å². The van der Waals surface area contributed by atoms with Gasteiger partial charge in [0.05, 0.1) is 12.2 Å². The molecule has 0 aromatic heterocycles. The van der Waals surface area contributed by atoms with Gasteiger partial charge < -0.3 is 15.1 Å². The average molecular weight is 364 g/mol. The molecule has 1 amide bonds. The van der Waals surface area contributed by atoms with Gasteiger partial charge >= 0.3 is 0 Å². The molecule has 5 unspecified atom stereocenters. The van der Waals surface area contributed by atoms with Crippen LogP contribution >= 0.6 is 0 Å². The summed E-state index contributed by atoms with van der Waals surface area (Å²) in [4.78, 5) is 14.6. The molecule has 3 aliphatic carbocycles. The van der Waals surface area contributed by atoms with Crippen molar-refractivity contribution in [2.75, 3.05) is 6.54 Å². The number of aliphatic hydroxyl groups is 2. The molecule has 1 heterocycles. The summed E-state index contributed by atoms with van der Waals surface area (Å²) in [6.45, 7) is 9.50. The minimum atomic E-state index is -0.305. The zero-order chi connectivity index (χ0) is 18.9. The lowest BCUT2D eigenvalue weighted by molar-refractivity contribution is -0.188. The van der Waals surface area contributed by atoms with Crippen LogP contribution in [0.1, 0.15) is 72.6 Å². The van der Waals surface area contributed by atoms with Crippen LogP contribution in [0.15, 0.2) is 0 Å². The minimum absolute atomic E-state index is 0.0382. The summed E-state index contributed by atoms with van der Waals surface area (Å²) in [5.74, 6) is 2.07. The van der Waals surface area contributed by atoms with Crippen LogP contribution in [-0.2, 0) is 4.79 Å². The Balaban J connectivity index is 1.68. The molecule has 4 aliphatic rings. The summed E-state index contributed by atoms with van der Waals surface area (Å²) in [5.41, 5.74) is 0.101. The van der Waals surface area contributed by atoms with E-state index in [0.29, 0.717) is 42.0 Å². The van der Waals surface area contributed by atoms with Crippen LogP contribution in [0.4, 0.5) is 0 Å². The minimum Gasteiger partial charge on any atom is -0.393 e. The molecule has 0 bridgehead atoms. The number of carbonyl (C=O) groups is 1. The van der Waals surface area contributed by atoms with Gasteiger partial charge in [-0.25, -0.2) is 0 Å². The number of rotatable bonds is 2. The van der Waals surface area contributed by atoms with Crippen LogP contribution in [0.5, 0.6) is 0 Å². The molecular weight excluding hydrogens is 326 g/mol. The second-order valence-corrected chi connectivity index (χ2v) is 10.3. The van der Waals surface area contributed by atoms with Crippen molar-refractivity contribution >= 4 is 5.91 Å². The third kappa shape index (κ3) is 2.37. The van der Waals surface area contributed by atoms with E-state index in [9.17, 15) is 15.0 Å². The molecule has 4 heteroatoms. The molecule has 2 N–H and O–H groups in total.